The van der Waals surface area contributed by atoms with E-state index >= 15 is 0 Å². The Kier molecular flexibility index (Phi) is 3.89. The summed E-state index contributed by atoms with van der Waals surface area (Å²) in [4.78, 5) is 12.5. The van der Waals surface area contributed by atoms with Crippen LogP contribution in [0.15, 0.2) is 42.6 Å². The Bertz CT molecular complexity index is 871. The van der Waals surface area contributed by atoms with Crippen molar-refractivity contribution in [3.05, 3.63) is 48.2 Å². The lowest BCUT2D eigenvalue weighted by Crippen LogP contribution is -2.20. The molecule has 0 saturated heterocycles. The fourth-order valence-corrected chi connectivity index (χ4v) is 2.38. The van der Waals surface area contributed by atoms with Gasteiger partial charge >= 0.3 is 6.03 Å². The van der Waals surface area contributed by atoms with E-state index in [1.54, 1.807) is 38.6 Å². The Labute approximate surface area is 133 Å². The van der Waals surface area contributed by atoms with Gasteiger partial charge in [0, 0.05) is 17.1 Å². The van der Waals surface area contributed by atoms with Gasteiger partial charge in [0.25, 0.3) is 0 Å². The average molecular weight is 311 g/mol. The molecule has 118 valence electrons. The van der Waals surface area contributed by atoms with Gasteiger partial charge in [0.1, 0.15) is 0 Å². The first-order valence-corrected chi connectivity index (χ1v) is 7.10. The van der Waals surface area contributed by atoms with Crippen molar-refractivity contribution >= 4 is 22.6 Å². The van der Waals surface area contributed by atoms with Crippen molar-refractivity contribution < 1.29 is 14.3 Å². The number of carbonyl (C=O) groups is 1. The van der Waals surface area contributed by atoms with Crippen molar-refractivity contribution in [2.24, 2.45) is 0 Å². The molecular weight excluding hydrogens is 294 g/mol. The highest BCUT2D eigenvalue weighted by Gasteiger charge is 2.12. The summed E-state index contributed by atoms with van der Waals surface area (Å²) < 4.78 is 11.8. The van der Waals surface area contributed by atoms with Gasteiger partial charge in [-0.25, -0.2) is 4.79 Å². The van der Waals surface area contributed by atoms with E-state index in [4.69, 9.17) is 9.47 Å². The van der Waals surface area contributed by atoms with E-state index in [1.807, 2.05) is 25.1 Å². The number of amides is 1. The number of ether oxygens (including phenoxy) is 2. The molecule has 0 aliphatic rings. The molecule has 23 heavy (non-hydrogen) atoms. The van der Waals surface area contributed by atoms with Crippen LogP contribution in [-0.4, -0.2) is 30.0 Å². The summed E-state index contributed by atoms with van der Waals surface area (Å²) in [5.41, 5.74) is 2.44. The third kappa shape index (κ3) is 2.83. The van der Waals surface area contributed by atoms with Crippen molar-refractivity contribution in [2.45, 2.75) is 6.92 Å². The number of methoxy groups -OCH3 is 2. The summed E-state index contributed by atoms with van der Waals surface area (Å²) in [7, 11) is 3.11. The van der Waals surface area contributed by atoms with Crippen molar-refractivity contribution in [3.8, 4) is 11.5 Å². The molecule has 3 aromatic rings. The maximum atomic E-state index is 12.5. The van der Waals surface area contributed by atoms with Gasteiger partial charge in [-0.05, 0) is 30.7 Å². The molecule has 0 radical (unpaired) electrons. The van der Waals surface area contributed by atoms with Crippen molar-refractivity contribution in [2.75, 3.05) is 19.5 Å². The van der Waals surface area contributed by atoms with Crippen LogP contribution in [0.3, 0.4) is 0 Å². The van der Waals surface area contributed by atoms with Gasteiger partial charge in [-0.3, -0.25) is 0 Å². The van der Waals surface area contributed by atoms with Crippen molar-refractivity contribution in [3.63, 3.8) is 0 Å². The zero-order chi connectivity index (χ0) is 16.4. The average Bonchev–Trinajstić information content (AvgIpc) is 2.97. The Morgan fingerprint density at radius 1 is 1.09 bits per heavy atom. The zero-order valence-corrected chi connectivity index (χ0v) is 13.2. The molecule has 1 N–H and O–H groups in total. The molecule has 1 aromatic heterocycles. The number of fused-ring (bicyclic) bond motifs is 1. The SMILES string of the molecule is COc1ccc(NC(=O)n2ncc3ccc(C)cc32)cc1OC. The van der Waals surface area contributed by atoms with Gasteiger partial charge in [-0.15, -0.1) is 0 Å². The van der Waals surface area contributed by atoms with Gasteiger partial charge in [0.15, 0.2) is 11.5 Å². The third-order valence-electron chi connectivity index (χ3n) is 3.55. The number of aromatic nitrogens is 2. The summed E-state index contributed by atoms with van der Waals surface area (Å²) in [6.45, 7) is 1.98. The molecule has 6 nitrogen and oxygen atoms in total. The summed E-state index contributed by atoms with van der Waals surface area (Å²) in [5, 5.41) is 7.88. The van der Waals surface area contributed by atoms with Crippen molar-refractivity contribution in [1.82, 2.24) is 9.78 Å². The van der Waals surface area contributed by atoms with E-state index in [0.29, 0.717) is 17.2 Å². The molecule has 0 fully saturated rings. The molecule has 1 heterocycles. The molecule has 0 unspecified atom stereocenters. The van der Waals surface area contributed by atoms with Crippen molar-refractivity contribution in [1.29, 1.82) is 0 Å². The van der Waals surface area contributed by atoms with Crippen LogP contribution < -0.4 is 14.8 Å². The first kappa shape index (κ1) is 14.9. The third-order valence-corrected chi connectivity index (χ3v) is 3.55. The topological polar surface area (TPSA) is 65.4 Å². The number of benzene rings is 2. The number of hydrogen-bond donors (Lipinski definition) is 1. The van der Waals surface area contributed by atoms with Crippen LogP contribution in [0.25, 0.3) is 10.9 Å². The second kappa shape index (κ2) is 6.00. The predicted molar refractivity (Wildman–Crippen MR) is 88.4 cm³/mol. The summed E-state index contributed by atoms with van der Waals surface area (Å²) in [6.07, 6.45) is 1.67. The second-order valence-corrected chi connectivity index (χ2v) is 5.12. The normalized spacial score (nSPS) is 10.6. The number of nitrogens with zero attached hydrogens (tertiary/aromatic N) is 2. The Hall–Kier alpha value is -3.02. The molecule has 0 atom stereocenters. The van der Waals surface area contributed by atoms with Crippen LogP contribution in [0.5, 0.6) is 11.5 Å². The first-order chi connectivity index (χ1) is 11.1. The fourth-order valence-electron chi connectivity index (χ4n) is 2.38. The summed E-state index contributed by atoms with van der Waals surface area (Å²) >= 11 is 0. The van der Waals surface area contributed by atoms with Gasteiger partial charge in [-0.1, -0.05) is 12.1 Å². The molecule has 0 aliphatic heterocycles. The predicted octanol–water partition coefficient (Wildman–Crippen LogP) is 3.44. The van der Waals surface area contributed by atoms with E-state index in [0.717, 1.165) is 16.5 Å². The largest absolute Gasteiger partial charge is 0.493 e. The minimum Gasteiger partial charge on any atom is -0.493 e. The van der Waals surface area contributed by atoms with Gasteiger partial charge in [0.05, 0.1) is 25.9 Å². The minimum absolute atomic E-state index is 0.335. The lowest BCUT2D eigenvalue weighted by molar-refractivity contribution is 0.252. The molecule has 0 bridgehead atoms. The van der Waals surface area contributed by atoms with Gasteiger partial charge in [-0.2, -0.15) is 9.78 Å². The van der Waals surface area contributed by atoms with Crippen LogP contribution in [-0.2, 0) is 0 Å². The number of anilines is 1. The highest BCUT2D eigenvalue weighted by Crippen LogP contribution is 2.29. The van der Waals surface area contributed by atoms with Crippen LogP contribution in [0.2, 0.25) is 0 Å². The Balaban J connectivity index is 1.90. The second-order valence-electron chi connectivity index (χ2n) is 5.12. The molecule has 2 aromatic carbocycles. The highest BCUT2D eigenvalue weighted by atomic mass is 16.5. The van der Waals surface area contributed by atoms with E-state index < -0.39 is 0 Å². The number of carbonyl (C=O) groups excluding carboxylic acids is 1. The smallest absolute Gasteiger partial charge is 0.347 e. The monoisotopic (exact) mass is 311 g/mol. The zero-order valence-electron chi connectivity index (χ0n) is 13.2. The first-order valence-electron chi connectivity index (χ1n) is 7.10. The molecule has 0 aliphatic carbocycles. The maximum Gasteiger partial charge on any atom is 0.347 e. The van der Waals surface area contributed by atoms with Gasteiger partial charge in [0.2, 0.25) is 0 Å². The quantitative estimate of drug-likeness (QED) is 0.804. The molecular formula is C17H17N3O3. The van der Waals surface area contributed by atoms with E-state index in [2.05, 4.69) is 10.4 Å². The minimum atomic E-state index is -0.335. The number of aryl methyl sites for hydroxylation is 1. The van der Waals surface area contributed by atoms with E-state index in [1.165, 1.54) is 4.68 Å². The lowest BCUT2D eigenvalue weighted by Gasteiger charge is -2.10. The molecule has 1 amide bonds. The highest BCUT2D eigenvalue weighted by molar-refractivity contribution is 5.97. The van der Waals surface area contributed by atoms with Crippen LogP contribution in [0.1, 0.15) is 5.56 Å². The van der Waals surface area contributed by atoms with Crippen LogP contribution in [0, 0.1) is 6.92 Å². The molecule has 0 saturated carbocycles. The van der Waals surface area contributed by atoms with Crippen LogP contribution >= 0.6 is 0 Å². The standard InChI is InChI=1S/C17H17N3O3/c1-11-4-5-12-10-18-20(14(12)8-11)17(21)19-13-6-7-15(22-2)16(9-13)23-3/h4-10H,1-3H3,(H,19,21). The lowest BCUT2D eigenvalue weighted by atomic mass is 10.2. The maximum absolute atomic E-state index is 12.5. The van der Waals surface area contributed by atoms with E-state index in [9.17, 15) is 4.79 Å². The van der Waals surface area contributed by atoms with Gasteiger partial charge < -0.3 is 14.8 Å². The number of nitrogens with one attached hydrogen (secondary N) is 1. The molecule has 6 heteroatoms. The summed E-state index contributed by atoms with van der Waals surface area (Å²) in [6, 6.07) is 10.7. The molecule has 3 rings (SSSR count). The molecule has 0 spiro atoms. The Morgan fingerprint density at radius 2 is 1.87 bits per heavy atom. The summed E-state index contributed by atoms with van der Waals surface area (Å²) in [5.74, 6) is 1.15. The fraction of sp³-hybridized carbons (Fsp3) is 0.176. The number of rotatable bonds is 3. The Morgan fingerprint density at radius 3 is 2.61 bits per heavy atom. The number of hydrogen-bond acceptors (Lipinski definition) is 4. The van der Waals surface area contributed by atoms with Crippen LogP contribution in [0.4, 0.5) is 10.5 Å². The van der Waals surface area contributed by atoms with E-state index in [-0.39, 0.29) is 6.03 Å².